The third kappa shape index (κ3) is 3.65. The Morgan fingerprint density at radius 2 is 1.74 bits per heavy atom. The van der Waals surface area contributed by atoms with E-state index in [1.54, 1.807) is 0 Å². The fourth-order valence-corrected chi connectivity index (χ4v) is 3.45. The van der Waals surface area contributed by atoms with E-state index in [4.69, 9.17) is 4.74 Å². The largest absolute Gasteiger partial charge is 0.481 e. The van der Waals surface area contributed by atoms with Gasteiger partial charge in [-0.25, -0.2) is 26.3 Å². The van der Waals surface area contributed by atoms with Crippen LogP contribution in [0, 0.1) is 22.9 Å². The molecule has 6 nitrogen and oxygen atoms in total. The summed E-state index contributed by atoms with van der Waals surface area (Å²) in [7, 11) is -4.54. The highest BCUT2D eigenvalue weighted by molar-refractivity contribution is 7.89. The van der Waals surface area contributed by atoms with Crippen molar-refractivity contribution in [1.29, 1.82) is 0 Å². The molecule has 1 heterocycles. The second-order valence-electron chi connectivity index (χ2n) is 5.22. The molecule has 0 atom stereocenters. The smallest absolute Gasteiger partial charge is 0.311 e. The molecule has 0 bridgehead atoms. The molecule has 23 heavy (non-hydrogen) atoms. The first kappa shape index (κ1) is 17.7. The SMILES string of the molecule is O=C(O)C1(CNS(=O)(=O)c2cc(F)c(F)cc2F)CCOCC1. The Labute approximate surface area is 130 Å². The fourth-order valence-electron chi connectivity index (χ4n) is 2.25. The Bertz CT molecular complexity index is 717. The van der Waals surface area contributed by atoms with Gasteiger partial charge in [-0.2, -0.15) is 0 Å². The molecule has 1 aliphatic heterocycles. The molecule has 0 saturated carbocycles. The van der Waals surface area contributed by atoms with Gasteiger partial charge in [0.15, 0.2) is 11.6 Å². The number of hydrogen-bond donors (Lipinski definition) is 2. The normalized spacial score (nSPS) is 17.9. The van der Waals surface area contributed by atoms with E-state index in [-0.39, 0.29) is 38.2 Å². The molecule has 0 unspecified atom stereocenters. The molecule has 0 amide bonds. The fraction of sp³-hybridized carbons (Fsp3) is 0.462. The van der Waals surface area contributed by atoms with Crippen LogP contribution in [0.4, 0.5) is 13.2 Å². The second kappa shape index (κ2) is 6.46. The number of aliphatic carboxylic acids is 1. The van der Waals surface area contributed by atoms with Gasteiger partial charge in [0.2, 0.25) is 10.0 Å². The van der Waals surface area contributed by atoms with E-state index in [9.17, 15) is 31.5 Å². The first-order valence-corrected chi connectivity index (χ1v) is 8.12. The van der Waals surface area contributed by atoms with Gasteiger partial charge in [0.25, 0.3) is 0 Å². The Hall–Kier alpha value is -1.65. The van der Waals surface area contributed by atoms with Crippen molar-refractivity contribution >= 4 is 16.0 Å². The Morgan fingerprint density at radius 3 is 2.30 bits per heavy atom. The highest BCUT2D eigenvalue weighted by Gasteiger charge is 2.41. The number of carbonyl (C=O) groups is 1. The third-order valence-electron chi connectivity index (χ3n) is 3.77. The maximum Gasteiger partial charge on any atom is 0.311 e. The van der Waals surface area contributed by atoms with E-state index in [2.05, 4.69) is 0 Å². The zero-order chi connectivity index (χ0) is 17.3. The number of benzene rings is 1. The average Bonchev–Trinajstić information content (AvgIpc) is 2.49. The summed E-state index contributed by atoms with van der Waals surface area (Å²) in [5.41, 5.74) is -1.39. The number of ether oxygens (including phenoxy) is 1. The van der Waals surface area contributed by atoms with Crippen LogP contribution >= 0.6 is 0 Å². The number of halogens is 3. The Kier molecular flexibility index (Phi) is 4.97. The number of rotatable bonds is 5. The molecule has 128 valence electrons. The molecule has 1 aliphatic rings. The molecule has 1 fully saturated rings. The number of sulfonamides is 1. The predicted molar refractivity (Wildman–Crippen MR) is 71.6 cm³/mol. The van der Waals surface area contributed by atoms with Gasteiger partial charge < -0.3 is 9.84 Å². The molecular formula is C13H14F3NO5S. The molecule has 0 aromatic heterocycles. The quantitative estimate of drug-likeness (QED) is 0.778. The zero-order valence-corrected chi connectivity index (χ0v) is 12.6. The minimum absolute atomic E-state index is 0.0745. The van der Waals surface area contributed by atoms with Crippen LogP contribution in [0.3, 0.4) is 0 Å². The van der Waals surface area contributed by atoms with Crippen molar-refractivity contribution in [2.75, 3.05) is 19.8 Å². The summed E-state index contributed by atoms with van der Waals surface area (Å²) in [5.74, 6) is -5.72. The molecule has 0 spiro atoms. The van der Waals surface area contributed by atoms with Crippen molar-refractivity contribution in [2.45, 2.75) is 17.7 Å². The summed E-state index contributed by atoms with van der Waals surface area (Å²) in [5, 5.41) is 9.32. The first-order valence-electron chi connectivity index (χ1n) is 6.63. The van der Waals surface area contributed by atoms with E-state index in [0.717, 1.165) is 0 Å². The standard InChI is InChI=1S/C13H14F3NO5S/c14-8-5-10(16)11(6-9(8)15)23(20,21)17-7-13(12(18)19)1-3-22-4-2-13/h5-6,17H,1-4,7H2,(H,18,19). The van der Waals surface area contributed by atoms with Crippen LogP contribution in [-0.4, -0.2) is 39.3 Å². The van der Waals surface area contributed by atoms with Crippen molar-refractivity contribution in [2.24, 2.45) is 5.41 Å². The van der Waals surface area contributed by atoms with Crippen molar-refractivity contribution in [3.8, 4) is 0 Å². The van der Waals surface area contributed by atoms with Crippen molar-refractivity contribution in [1.82, 2.24) is 4.72 Å². The van der Waals surface area contributed by atoms with Crippen LogP contribution in [0.15, 0.2) is 17.0 Å². The Morgan fingerprint density at radius 1 is 1.17 bits per heavy atom. The molecule has 10 heteroatoms. The summed E-state index contributed by atoms with van der Waals surface area (Å²) in [6.07, 6.45) is 0.149. The van der Waals surface area contributed by atoms with Crippen molar-refractivity contribution < 1.29 is 36.2 Å². The van der Waals surface area contributed by atoms with Crippen LogP contribution in [0.5, 0.6) is 0 Å². The molecular weight excluding hydrogens is 339 g/mol. The Balaban J connectivity index is 2.24. The van der Waals surface area contributed by atoms with E-state index in [1.165, 1.54) is 0 Å². The van der Waals surface area contributed by atoms with Crippen molar-refractivity contribution in [3.05, 3.63) is 29.6 Å². The van der Waals surface area contributed by atoms with Crippen LogP contribution in [-0.2, 0) is 19.6 Å². The average molecular weight is 353 g/mol. The van der Waals surface area contributed by atoms with Gasteiger partial charge in [0, 0.05) is 25.8 Å². The monoisotopic (exact) mass is 353 g/mol. The van der Waals surface area contributed by atoms with E-state index < -0.39 is 50.3 Å². The maximum absolute atomic E-state index is 13.6. The predicted octanol–water partition coefficient (Wildman–Crippen LogP) is 1.26. The minimum atomic E-state index is -4.54. The zero-order valence-electron chi connectivity index (χ0n) is 11.8. The topological polar surface area (TPSA) is 92.7 Å². The minimum Gasteiger partial charge on any atom is -0.481 e. The van der Waals surface area contributed by atoms with Gasteiger partial charge in [0.1, 0.15) is 10.7 Å². The summed E-state index contributed by atoms with van der Waals surface area (Å²) in [4.78, 5) is 10.3. The molecule has 2 rings (SSSR count). The van der Waals surface area contributed by atoms with Gasteiger partial charge in [0.05, 0.1) is 5.41 Å². The van der Waals surface area contributed by atoms with Gasteiger partial charge in [-0.15, -0.1) is 0 Å². The molecule has 0 radical (unpaired) electrons. The highest BCUT2D eigenvalue weighted by Crippen LogP contribution is 2.31. The lowest BCUT2D eigenvalue weighted by Gasteiger charge is -2.33. The first-order chi connectivity index (χ1) is 10.7. The van der Waals surface area contributed by atoms with Crippen molar-refractivity contribution in [3.63, 3.8) is 0 Å². The lowest BCUT2D eigenvalue weighted by Crippen LogP contribution is -2.46. The van der Waals surface area contributed by atoms with Crippen LogP contribution in [0.2, 0.25) is 0 Å². The lowest BCUT2D eigenvalue weighted by atomic mass is 9.80. The summed E-state index contributed by atoms with van der Waals surface area (Å²) < 4.78 is 70.7. The maximum atomic E-state index is 13.6. The third-order valence-corrected chi connectivity index (χ3v) is 5.18. The van der Waals surface area contributed by atoms with E-state index >= 15 is 0 Å². The van der Waals surface area contributed by atoms with Gasteiger partial charge in [-0.05, 0) is 18.9 Å². The number of carboxylic acid groups (broad SMARTS) is 1. The van der Waals surface area contributed by atoms with Gasteiger partial charge >= 0.3 is 5.97 Å². The lowest BCUT2D eigenvalue weighted by molar-refractivity contribution is -0.154. The second-order valence-corrected chi connectivity index (χ2v) is 6.95. The molecule has 1 aromatic carbocycles. The molecule has 0 aliphatic carbocycles. The van der Waals surface area contributed by atoms with Gasteiger partial charge in [-0.3, -0.25) is 4.79 Å². The van der Waals surface area contributed by atoms with Gasteiger partial charge in [-0.1, -0.05) is 0 Å². The molecule has 1 aromatic rings. The van der Waals surface area contributed by atoms with Crippen LogP contribution in [0.1, 0.15) is 12.8 Å². The van der Waals surface area contributed by atoms with E-state index in [0.29, 0.717) is 0 Å². The molecule has 2 N–H and O–H groups in total. The molecule has 1 saturated heterocycles. The number of nitrogens with one attached hydrogen (secondary N) is 1. The summed E-state index contributed by atoms with van der Waals surface area (Å²) >= 11 is 0. The van der Waals surface area contributed by atoms with Crippen LogP contribution < -0.4 is 4.72 Å². The number of carboxylic acids is 1. The summed E-state index contributed by atoms with van der Waals surface area (Å²) in [6.45, 7) is -0.215. The number of hydrogen-bond acceptors (Lipinski definition) is 4. The van der Waals surface area contributed by atoms with E-state index in [1.807, 2.05) is 4.72 Å². The summed E-state index contributed by atoms with van der Waals surface area (Å²) in [6, 6.07) is 0.329. The van der Waals surface area contributed by atoms with Crippen LogP contribution in [0.25, 0.3) is 0 Å². The highest BCUT2D eigenvalue weighted by atomic mass is 32.2.